The zero-order valence-corrected chi connectivity index (χ0v) is 18.8. The summed E-state index contributed by atoms with van der Waals surface area (Å²) in [5, 5.41) is 13.0. The molecule has 0 atom stereocenters. The number of carbonyl (C=O) groups is 1. The van der Waals surface area contributed by atoms with Crippen molar-refractivity contribution in [1.29, 1.82) is 0 Å². The topological polar surface area (TPSA) is 101 Å². The quantitative estimate of drug-likeness (QED) is 0.261. The molecule has 0 saturated heterocycles. The van der Waals surface area contributed by atoms with Crippen molar-refractivity contribution >= 4 is 28.6 Å². The van der Waals surface area contributed by atoms with Crippen LogP contribution in [0.5, 0.6) is 0 Å². The van der Waals surface area contributed by atoms with Crippen LogP contribution in [0.3, 0.4) is 0 Å². The Balaban J connectivity index is 1.34. The highest BCUT2D eigenvalue weighted by Gasteiger charge is 2.21. The van der Waals surface area contributed by atoms with Crippen LogP contribution in [-0.2, 0) is 12.2 Å². The van der Waals surface area contributed by atoms with E-state index in [1.807, 2.05) is 24.4 Å². The van der Waals surface area contributed by atoms with Gasteiger partial charge in [0.2, 0.25) is 0 Å². The van der Waals surface area contributed by atoms with Gasteiger partial charge in [0.05, 0.1) is 11.4 Å². The smallest absolute Gasteiger partial charge is 0.273 e. The molecule has 0 aliphatic heterocycles. The van der Waals surface area contributed by atoms with Gasteiger partial charge in [-0.3, -0.25) is 4.79 Å². The summed E-state index contributed by atoms with van der Waals surface area (Å²) in [6.45, 7) is 0.443. The average Bonchev–Trinajstić information content (AvgIpc) is 3.48. The average molecular weight is 474 g/mol. The van der Waals surface area contributed by atoms with E-state index in [0.29, 0.717) is 35.3 Å². The number of H-pyrrole nitrogens is 1. The zero-order chi connectivity index (χ0) is 23.3. The highest BCUT2D eigenvalue weighted by atomic mass is 32.2. The van der Waals surface area contributed by atoms with Gasteiger partial charge in [0.25, 0.3) is 5.91 Å². The monoisotopic (exact) mass is 473 g/mol. The fraction of sp³-hybridized carbons (Fsp3) is 0.125. The Morgan fingerprint density at radius 2 is 1.85 bits per heavy atom. The number of aromatic amines is 1. The molecule has 34 heavy (non-hydrogen) atoms. The van der Waals surface area contributed by atoms with Gasteiger partial charge in [-0.05, 0) is 48.4 Å². The molecule has 10 heteroatoms. The molecule has 0 unspecified atom stereocenters. The first-order valence-electron chi connectivity index (χ1n) is 10.6. The summed E-state index contributed by atoms with van der Waals surface area (Å²) in [5.74, 6) is -0.315. The van der Waals surface area contributed by atoms with E-state index in [1.54, 1.807) is 35.3 Å². The van der Waals surface area contributed by atoms with Gasteiger partial charge < -0.3 is 10.3 Å². The standard InChI is InChI=1S/C24H20FN7OS/c25-17-6-8-18(9-7-17)32-21(15-34-24-27-11-3-12-28-24)22(30-31-32)23(33)26-13-10-16-14-29-20-5-2-1-4-19(16)20/h1-9,11-12,14,29H,10,13,15H2,(H,26,33). The first-order valence-corrected chi connectivity index (χ1v) is 11.6. The molecule has 0 saturated carbocycles. The molecule has 3 aromatic heterocycles. The maximum Gasteiger partial charge on any atom is 0.273 e. The number of benzene rings is 2. The van der Waals surface area contributed by atoms with Gasteiger partial charge in [-0.25, -0.2) is 19.0 Å². The number of hydrogen-bond acceptors (Lipinski definition) is 6. The number of aromatic nitrogens is 6. The molecule has 5 rings (SSSR count). The molecule has 170 valence electrons. The van der Waals surface area contributed by atoms with E-state index in [4.69, 9.17) is 0 Å². The molecule has 8 nitrogen and oxygen atoms in total. The third-order valence-electron chi connectivity index (χ3n) is 5.28. The van der Waals surface area contributed by atoms with Gasteiger partial charge in [0.15, 0.2) is 10.9 Å². The number of carbonyl (C=O) groups excluding carboxylic acids is 1. The number of thioether (sulfide) groups is 1. The maximum atomic E-state index is 13.4. The first-order chi connectivity index (χ1) is 16.7. The van der Waals surface area contributed by atoms with Gasteiger partial charge in [0, 0.05) is 41.8 Å². The van der Waals surface area contributed by atoms with Crippen molar-refractivity contribution in [1.82, 2.24) is 35.3 Å². The van der Waals surface area contributed by atoms with Crippen LogP contribution >= 0.6 is 11.8 Å². The second-order valence-corrected chi connectivity index (χ2v) is 8.40. The van der Waals surface area contributed by atoms with E-state index in [9.17, 15) is 9.18 Å². The van der Waals surface area contributed by atoms with Crippen LogP contribution in [0.4, 0.5) is 4.39 Å². The fourth-order valence-corrected chi connectivity index (χ4v) is 4.42. The van der Waals surface area contributed by atoms with Gasteiger partial charge in [-0.2, -0.15) is 0 Å². The summed E-state index contributed by atoms with van der Waals surface area (Å²) >= 11 is 1.36. The number of nitrogens with zero attached hydrogens (tertiary/aromatic N) is 5. The summed E-state index contributed by atoms with van der Waals surface area (Å²) in [7, 11) is 0. The lowest BCUT2D eigenvalue weighted by atomic mass is 10.1. The molecule has 0 aliphatic carbocycles. The van der Waals surface area contributed by atoms with Gasteiger partial charge in [-0.15, -0.1) is 5.10 Å². The van der Waals surface area contributed by atoms with E-state index < -0.39 is 0 Å². The minimum absolute atomic E-state index is 0.215. The zero-order valence-electron chi connectivity index (χ0n) is 18.0. The Bertz CT molecular complexity index is 1420. The fourth-order valence-electron chi connectivity index (χ4n) is 3.62. The second kappa shape index (κ2) is 9.84. The van der Waals surface area contributed by atoms with Crippen LogP contribution in [-0.4, -0.2) is 42.4 Å². The number of rotatable bonds is 8. The van der Waals surface area contributed by atoms with Crippen LogP contribution < -0.4 is 5.32 Å². The Hall–Kier alpha value is -4.05. The molecule has 0 fully saturated rings. The largest absolute Gasteiger partial charge is 0.361 e. The lowest BCUT2D eigenvalue weighted by molar-refractivity contribution is 0.0948. The Morgan fingerprint density at radius 3 is 2.68 bits per heavy atom. The van der Waals surface area contributed by atoms with Crippen LogP contribution in [0, 0.1) is 5.82 Å². The highest BCUT2D eigenvalue weighted by Crippen LogP contribution is 2.23. The van der Waals surface area contributed by atoms with E-state index in [2.05, 4.69) is 36.6 Å². The molecular formula is C24H20FN7OS. The Morgan fingerprint density at radius 1 is 1.06 bits per heavy atom. The lowest BCUT2D eigenvalue weighted by Crippen LogP contribution is -2.27. The number of nitrogens with one attached hydrogen (secondary N) is 2. The molecule has 0 bridgehead atoms. The summed E-state index contributed by atoms with van der Waals surface area (Å²) in [6, 6.07) is 15.7. The molecular weight excluding hydrogens is 453 g/mol. The Kier molecular flexibility index (Phi) is 6.30. The minimum atomic E-state index is -0.354. The van der Waals surface area contributed by atoms with E-state index in [0.717, 1.165) is 16.5 Å². The normalized spacial score (nSPS) is 11.1. The molecule has 1 amide bonds. The van der Waals surface area contributed by atoms with Crippen molar-refractivity contribution in [3.05, 3.63) is 96.0 Å². The van der Waals surface area contributed by atoms with Crippen molar-refractivity contribution in [3.63, 3.8) is 0 Å². The molecule has 5 aromatic rings. The Labute approximate surface area is 198 Å². The maximum absolute atomic E-state index is 13.4. The van der Waals surface area contributed by atoms with Crippen LogP contribution in [0.15, 0.2) is 78.3 Å². The van der Waals surface area contributed by atoms with Gasteiger partial charge >= 0.3 is 0 Å². The molecule has 2 aromatic carbocycles. The molecule has 0 aliphatic rings. The van der Waals surface area contributed by atoms with Crippen molar-refractivity contribution in [2.75, 3.05) is 6.54 Å². The van der Waals surface area contributed by atoms with E-state index in [-0.39, 0.29) is 17.4 Å². The number of amides is 1. The summed E-state index contributed by atoms with van der Waals surface area (Å²) < 4.78 is 15.0. The second-order valence-electron chi connectivity index (χ2n) is 7.46. The van der Waals surface area contributed by atoms with Crippen LogP contribution in [0.25, 0.3) is 16.6 Å². The predicted octanol–water partition coefficient (Wildman–Crippen LogP) is 3.94. The van der Waals surface area contributed by atoms with Crippen LogP contribution in [0.2, 0.25) is 0 Å². The third-order valence-corrected chi connectivity index (χ3v) is 6.17. The summed E-state index contributed by atoms with van der Waals surface area (Å²) in [5.41, 5.74) is 3.59. The van der Waals surface area contributed by atoms with E-state index >= 15 is 0 Å². The minimum Gasteiger partial charge on any atom is -0.361 e. The van der Waals surface area contributed by atoms with Crippen molar-refractivity contribution in [2.45, 2.75) is 17.3 Å². The predicted molar refractivity (Wildman–Crippen MR) is 127 cm³/mol. The highest BCUT2D eigenvalue weighted by molar-refractivity contribution is 7.98. The molecule has 2 N–H and O–H groups in total. The van der Waals surface area contributed by atoms with Crippen molar-refractivity contribution < 1.29 is 9.18 Å². The van der Waals surface area contributed by atoms with Crippen LogP contribution in [0.1, 0.15) is 21.7 Å². The van der Waals surface area contributed by atoms with Gasteiger partial charge in [-0.1, -0.05) is 35.2 Å². The number of para-hydroxylation sites is 1. The SMILES string of the molecule is O=C(NCCc1c[nH]c2ccccc12)c1nnn(-c2ccc(F)cc2)c1CSc1ncccn1. The lowest BCUT2D eigenvalue weighted by Gasteiger charge is -2.08. The molecule has 0 radical (unpaired) electrons. The van der Waals surface area contributed by atoms with Gasteiger partial charge in [0.1, 0.15) is 5.82 Å². The van der Waals surface area contributed by atoms with Crippen molar-refractivity contribution in [2.24, 2.45) is 0 Å². The summed E-state index contributed by atoms with van der Waals surface area (Å²) in [6.07, 6.45) is 5.94. The number of fused-ring (bicyclic) bond motifs is 1. The third kappa shape index (κ3) is 4.67. The van der Waals surface area contributed by atoms with Crippen molar-refractivity contribution in [3.8, 4) is 5.69 Å². The summed E-state index contributed by atoms with van der Waals surface area (Å²) in [4.78, 5) is 24.7. The first kappa shape index (κ1) is 21.8. The number of hydrogen-bond donors (Lipinski definition) is 2. The molecule has 3 heterocycles. The van der Waals surface area contributed by atoms with E-state index in [1.165, 1.54) is 23.9 Å². The number of halogens is 1. The molecule has 0 spiro atoms.